The highest BCUT2D eigenvalue weighted by atomic mass is 35.5. The zero-order valence-electron chi connectivity index (χ0n) is 10.6. The number of hydrogen-bond acceptors (Lipinski definition) is 2. The van der Waals surface area contributed by atoms with E-state index in [2.05, 4.69) is 0 Å². The minimum absolute atomic E-state index is 0.00725. The molecule has 2 aliphatic rings. The van der Waals surface area contributed by atoms with Gasteiger partial charge >= 0.3 is 0 Å². The van der Waals surface area contributed by atoms with Crippen molar-refractivity contribution in [1.82, 2.24) is 0 Å². The summed E-state index contributed by atoms with van der Waals surface area (Å²) in [6.45, 7) is 0. The molecule has 20 heavy (non-hydrogen) atoms. The Morgan fingerprint density at radius 1 is 0.900 bits per heavy atom. The summed E-state index contributed by atoms with van der Waals surface area (Å²) in [4.78, 5) is 25.2. The summed E-state index contributed by atoms with van der Waals surface area (Å²) in [6, 6.07) is 14.5. The van der Waals surface area contributed by atoms with Gasteiger partial charge in [-0.15, -0.1) is 0 Å². The molecule has 0 saturated heterocycles. The van der Waals surface area contributed by atoms with Crippen molar-refractivity contribution in [2.75, 3.05) is 0 Å². The van der Waals surface area contributed by atoms with Crippen LogP contribution in [0.3, 0.4) is 0 Å². The van der Waals surface area contributed by atoms with Gasteiger partial charge in [0.15, 0.2) is 11.6 Å². The van der Waals surface area contributed by atoms with Gasteiger partial charge in [0.25, 0.3) is 0 Å². The van der Waals surface area contributed by atoms with Crippen LogP contribution in [0.2, 0.25) is 5.02 Å². The van der Waals surface area contributed by atoms with Crippen molar-refractivity contribution >= 4 is 23.2 Å². The third-order valence-corrected chi connectivity index (χ3v) is 4.71. The molecular formula is C17H11ClO2. The van der Waals surface area contributed by atoms with Crippen molar-refractivity contribution in [2.45, 2.75) is 12.3 Å². The van der Waals surface area contributed by atoms with Crippen molar-refractivity contribution in [3.05, 3.63) is 70.2 Å². The molecule has 0 heterocycles. The average Bonchev–Trinajstić information content (AvgIpc) is 3.19. The Kier molecular flexibility index (Phi) is 2.25. The Morgan fingerprint density at radius 2 is 1.45 bits per heavy atom. The van der Waals surface area contributed by atoms with Crippen LogP contribution < -0.4 is 0 Å². The molecule has 0 bridgehead atoms. The van der Waals surface area contributed by atoms with Gasteiger partial charge in [-0.05, 0) is 24.1 Å². The number of halogens is 1. The first-order valence-corrected chi connectivity index (χ1v) is 6.96. The second kappa shape index (κ2) is 3.80. The second-order valence-corrected chi connectivity index (χ2v) is 5.92. The van der Waals surface area contributed by atoms with E-state index in [0.29, 0.717) is 22.6 Å². The lowest BCUT2D eigenvalue weighted by atomic mass is 9.94. The molecule has 2 nitrogen and oxygen atoms in total. The fourth-order valence-electron chi connectivity index (χ4n) is 3.33. The van der Waals surface area contributed by atoms with Gasteiger partial charge in [0.05, 0.1) is 0 Å². The molecular weight excluding hydrogens is 272 g/mol. The van der Waals surface area contributed by atoms with Gasteiger partial charge in [0.2, 0.25) is 0 Å². The lowest BCUT2D eigenvalue weighted by Gasteiger charge is -2.06. The van der Waals surface area contributed by atoms with Gasteiger partial charge in [-0.1, -0.05) is 48.0 Å². The highest BCUT2D eigenvalue weighted by molar-refractivity contribution is 6.32. The maximum absolute atomic E-state index is 12.6. The molecule has 98 valence electrons. The lowest BCUT2D eigenvalue weighted by Crippen LogP contribution is -2.18. The van der Waals surface area contributed by atoms with E-state index in [1.54, 1.807) is 24.3 Å². The predicted molar refractivity (Wildman–Crippen MR) is 76.3 cm³/mol. The second-order valence-electron chi connectivity index (χ2n) is 5.48. The number of rotatable bonds is 1. The van der Waals surface area contributed by atoms with Gasteiger partial charge in [-0.2, -0.15) is 0 Å². The van der Waals surface area contributed by atoms with Crippen LogP contribution in [-0.4, -0.2) is 11.6 Å². The van der Waals surface area contributed by atoms with E-state index in [0.717, 1.165) is 5.56 Å². The lowest BCUT2D eigenvalue weighted by molar-refractivity contribution is 0.0809. The highest BCUT2D eigenvalue weighted by Gasteiger charge is 2.68. The van der Waals surface area contributed by atoms with E-state index in [1.807, 2.05) is 24.3 Å². The third kappa shape index (κ3) is 1.35. The fourth-order valence-corrected chi connectivity index (χ4v) is 3.45. The van der Waals surface area contributed by atoms with Crippen molar-refractivity contribution in [3.8, 4) is 0 Å². The first kappa shape index (κ1) is 11.9. The van der Waals surface area contributed by atoms with Gasteiger partial charge in [-0.3, -0.25) is 9.59 Å². The van der Waals surface area contributed by atoms with Crippen LogP contribution in [0, 0.1) is 5.41 Å². The molecule has 1 atom stereocenters. The minimum Gasteiger partial charge on any atom is -0.293 e. The molecule has 0 N–H and O–H groups in total. The maximum atomic E-state index is 12.6. The van der Waals surface area contributed by atoms with E-state index in [-0.39, 0.29) is 17.5 Å². The van der Waals surface area contributed by atoms with Crippen molar-refractivity contribution in [3.63, 3.8) is 0 Å². The molecule has 0 aliphatic heterocycles. The molecule has 1 spiro atoms. The van der Waals surface area contributed by atoms with Gasteiger partial charge in [0.1, 0.15) is 5.41 Å². The van der Waals surface area contributed by atoms with Crippen LogP contribution in [-0.2, 0) is 0 Å². The van der Waals surface area contributed by atoms with Crippen LogP contribution in [0.15, 0.2) is 48.5 Å². The van der Waals surface area contributed by atoms with E-state index in [1.165, 1.54) is 0 Å². The first-order valence-electron chi connectivity index (χ1n) is 6.59. The van der Waals surface area contributed by atoms with E-state index in [4.69, 9.17) is 11.6 Å². The molecule has 2 aromatic carbocycles. The number of ketones is 2. The largest absolute Gasteiger partial charge is 0.293 e. The summed E-state index contributed by atoms with van der Waals surface area (Å²) in [5.74, 6) is -0.0386. The number of hydrogen-bond donors (Lipinski definition) is 0. The Hall–Kier alpha value is -1.93. The maximum Gasteiger partial charge on any atom is 0.178 e. The smallest absolute Gasteiger partial charge is 0.178 e. The summed E-state index contributed by atoms with van der Waals surface area (Å²) in [6.07, 6.45) is 0.612. The van der Waals surface area contributed by atoms with Crippen LogP contribution in [0.4, 0.5) is 0 Å². The summed E-state index contributed by atoms with van der Waals surface area (Å²) in [5, 5.41) is 0.663. The standard InChI is InChI=1S/C17H11ClO2/c18-11-7-5-10(6-8-11)14-9-17(14)15(19)12-3-1-2-4-13(12)16(17)20/h1-8,14H,9H2. The molecule has 3 heteroatoms. The summed E-state index contributed by atoms with van der Waals surface area (Å²) >= 11 is 5.88. The molecule has 1 fully saturated rings. The Balaban J connectivity index is 1.77. The Labute approximate surface area is 121 Å². The average molecular weight is 283 g/mol. The van der Waals surface area contributed by atoms with Gasteiger partial charge in [-0.25, -0.2) is 0 Å². The number of Topliss-reactive ketones (excluding diaryl/α,β-unsaturated/α-hetero) is 2. The van der Waals surface area contributed by atoms with Crippen LogP contribution >= 0.6 is 11.6 Å². The molecule has 0 radical (unpaired) electrons. The van der Waals surface area contributed by atoms with Crippen LogP contribution in [0.25, 0.3) is 0 Å². The van der Waals surface area contributed by atoms with Gasteiger partial charge < -0.3 is 0 Å². The van der Waals surface area contributed by atoms with E-state index < -0.39 is 5.41 Å². The Bertz CT molecular complexity index is 711. The number of carbonyl (C=O) groups excluding carboxylic acids is 2. The molecule has 1 unspecified atom stereocenters. The summed E-state index contributed by atoms with van der Waals surface area (Å²) in [5.41, 5.74) is 1.34. The molecule has 2 aliphatic carbocycles. The fraction of sp³-hybridized carbons (Fsp3) is 0.176. The van der Waals surface area contributed by atoms with Crippen molar-refractivity contribution in [2.24, 2.45) is 5.41 Å². The van der Waals surface area contributed by atoms with Crippen molar-refractivity contribution < 1.29 is 9.59 Å². The zero-order valence-corrected chi connectivity index (χ0v) is 11.4. The highest BCUT2D eigenvalue weighted by Crippen LogP contribution is 2.65. The quantitative estimate of drug-likeness (QED) is 0.744. The summed E-state index contributed by atoms with van der Waals surface area (Å²) < 4.78 is 0. The number of fused-ring (bicyclic) bond motifs is 1. The summed E-state index contributed by atoms with van der Waals surface area (Å²) in [7, 11) is 0. The number of benzene rings is 2. The van der Waals surface area contributed by atoms with Crippen LogP contribution in [0.5, 0.6) is 0 Å². The third-order valence-electron chi connectivity index (χ3n) is 4.46. The SMILES string of the molecule is O=C1c2ccccc2C(=O)C12CC2c1ccc(Cl)cc1. The Morgan fingerprint density at radius 3 is 2.00 bits per heavy atom. The normalized spacial score (nSPS) is 22.1. The predicted octanol–water partition coefficient (Wildman–Crippen LogP) is 3.89. The van der Waals surface area contributed by atoms with E-state index in [9.17, 15) is 9.59 Å². The molecule has 0 amide bonds. The monoisotopic (exact) mass is 282 g/mol. The number of carbonyl (C=O) groups is 2. The molecule has 1 saturated carbocycles. The molecule has 2 aromatic rings. The zero-order chi connectivity index (χ0) is 13.9. The van der Waals surface area contributed by atoms with Gasteiger partial charge in [0, 0.05) is 22.1 Å². The van der Waals surface area contributed by atoms with Crippen LogP contribution in [0.1, 0.15) is 38.6 Å². The van der Waals surface area contributed by atoms with Crippen molar-refractivity contribution in [1.29, 1.82) is 0 Å². The molecule has 4 rings (SSSR count). The van der Waals surface area contributed by atoms with E-state index >= 15 is 0 Å². The minimum atomic E-state index is -0.836. The topological polar surface area (TPSA) is 34.1 Å². The first-order chi connectivity index (χ1) is 9.64. The molecule has 0 aromatic heterocycles.